The number of aromatic carboxylic acids is 1. The van der Waals surface area contributed by atoms with E-state index in [-0.39, 0.29) is 5.69 Å². The Morgan fingerprint density at radius 2 is 2.36 bits per heavy atom. The number of nitrogens with zero attached hydrogens (tertiary/aromatic N) is 2. The van der Waals surface area contributed by atoms with Crippen LogP contribution >= 0.6 is 15.9 Å². The second-order valence-corrected chi connectivity index (χ2v) is 3.71. The van der Waals surface area contributed by atoms with Crippen LogP contribution in [0.1, 0.15) is 10.5 Å². The van der Waals surface area contributed by atoms with Gasteiger partial charge in [0.05, 0.1) is 16.2 Å². The van der Waals surface area contributed by atoms with Crippen molar-refractivity contribution in [2.75, 3.05) is 0 Å². The monoisotopic (exact) mass is 254 g/mol. The molecular formula is C9H7BrN2O2. The second-order valence-electron chi connectivity index (χ2n) is 2.92. The molecule has 2 rings (SSSR count). The predicted molar refractivity (Wildman–Crippen MR) is 55.4 cm³/mol. The van der Waals surface area contributed by atoms with Gasteiger partial charge in [-0.3, -0.25) is 4.98 Å². The van der Waals surface area contributed by atoms with Crippen LogP contribution in [0.5, 0.6) is 0 Å². The quantitative estimate of drug-likeness (QED) is 0.848. The Morgan fingerprint density at radius 1 is 1.64 bits per heavy atom. The van der Waals surface area contributed by atoms with E-state index in [4.69, 9.17) is 5.11 Å². The molecule has 0 aromatic carbocycles. The summed E-state index contributed by atoms with van der Waals surface area (Å²) in [4.78, 5) is 14.9. The number of aryl methyl sites for hydroxylation is 1. The molecule has 0 aliphatic heterocycles. The van der Waals surface area contributed by atoms with Gasteiger partial charge in [0.25, 0.3) is 0 Å². The summed E-state index contributed by atoms with van der Waals surface area (Å²) in [6.45, 7) is 0. The Morgan fingerprint density at radius 3 is 2.93 bits per heavy atom. The van der Waals surface area contributed by atoms with E-state index in [1.54, 1.807) is 30.1 Å². The van der Waals surface area contributed by atoms with Gasteiger partial charge in [-0.1, -0.05) is 0 Å². The molecule has 14 heavy (non-hydrogen) atoms. The average molecular weight is 255 g/mol. The minimum atomic E-state index is -0.949. The van der Waals surface area contributed by atoms with Crippen molar-refractivity contribution in [3.8, 4) is 0 Å². The molecule has 0 aliphatic rings. The number of rotatable bonds is 1. The maximum atomic E-state index is 10.9. The molecule has 0 unspecified atom stereocenters. The molecule has 0 atom stereocenters. The molecule has 0 bridgehead atoms. The number of hydrogen-bond donors (Lipinski definition) is 1. The van der Waals surface area contributed by atoms with E-state index in [9.17, 15) is 4.79 Å². The van der Waals surface area contributed by atoms with Crippen molar-refractivity contribution in [3.05, 3.63) is 28.6 Å². The number of fused-ring (bicyclic) bond motifs is 1. The van der Waals surface area contributed by atoms with E-state index in [1.165, 1.54) is 0 Å². The summed E-state index contributed by atoms with van der Waals surface area (Å²) in [5.41, 5.74) is 1.05. The molecule has 2 aromatic heterocycles. The summed E-state index contributed by atoms with van der Waals surface area (Å²) < 4.78 is 2.21. The van der Waals surface area contributed by atoms with Crippen molar-refractivity contribution < 1.29 is 9.90 Å². The first kappa shape index (κ1) is 9.21. The molecule has 0 amide bonds. The summed E-state index contributed by atoms with van der Waals surface area (Å²) in [5.74, 6) is -0.949. The lowest BCUT2D eigenvalue weighted by Crippen LogP contribution is -2.04. The zero-order chi connectivity index (χ0) is 10.3. The Balaban J connectivity index is 2.92. The van der Waals surface area contributed by atoms with Crippen LogP contribution < -0.4 is 0 Å². The number of pyridine rings is 1. The van der Waals surface area contributed by atoms with Crippen LogP contribution in [0, 0.1) is 0 Å². The maximum Gasteiger partial charge on any atom is 0.353 e. The van der Waals surface area contributed by atoms with Crippen LogP contribution in [0.15, 0.2) is 22.9 Å². The fourth-order valence-corrected chi connectivity index (χ4v) is 2.24. The van der Waals surface area contributed by atoms with Gasteiger partial charge in [-0.2, -0.15) is 0 Å². The number of hydrogen-bond acceptors (Lipinski definition) is 2. The van der Waals surface area contributed by atoms with Crippen molar-refractivity contribution in [1.82, 2.24) is 9.55 Å². The Hall–Kier alpha value is -1.36. The van der Waals surface area contributed by atoms with E-state index in [0.29, 0.717) is 4.47 Å². The second kappa shape index (κ2) is 3.09. The molecule has 2 heterocycles. The van der Waals surface area contributed by atoms with E-state index in [2.05, 4.69) is 20.9 Å². The highest BCUT2D eigenvalue weighted by Gasteiger charge is 2.18. The van der Waals surface area contributed by atoms with E-state index >= 15 is 0 Å². The average Bonchev–Trinajstić information content (AvgIpc) is 2.41. The third-order valence-electron chi connectivity index (χ3n) is 2.14. The molecule has 0 radical (unpaired) electrons. The molecule has 5 heteroatoms. The lowest BCUT2D eigenvalue weighted by Gasteiger charge is -1.97. The zero-order valence-corrected chi connectivity index (χ0v) is 8.95. The molecule has 0 saturated carbocycles. The molecule has 0 aliphatic carbocycles. The number of halogens is 1. The van der Waals surface area contributed by atoms with Crippen molar-refractivity contribution >= 4 is 32.8 Å². The van der Waals surface area contributed by atoms with E-state index in [0.717, 1.165) is 10.9 Å². The van der Waals surface area contributed by atoms with Gasteiger partial charge < -0.3 is 9.67 Å². The Bertz CT molecular complexity index is 480. The van der Waals surface area contributed by atoms with E-state index < -0.39 is 5.97 Å². The summed E-state index contributed by atoms with van der Waals surface area (Å²) in [7, 11) is 1.71. The minimum Gasteiger partial charge on any atom is -0.477 e. The van der Waals surface area contributed by atoms with Gasteiger partial charge >= 0.3 is 5.97 Å². The summed E-state index contributed by atoms with van der Waals surface area (Å²) in [6.07, 6.45) is 3.28. The minimum absolute atomic E-state index is 0.244. The van der Waals surface area contributed by atoms with Crippen molar-refractivity contribution in [3.63, 3.8) is 0 Å². The molecular weight excluding hydrogens is 248 g/mol. The van der Waals surface area contributed by atoms with Crippen LogP contribution in [-0.2, 0) is 7.05 Å². The molecule has 0 spiro atoms. The van der Waals surface area contributed by atoms with Gasteiger partial charge in [0.1, 0.15) is 5.69 Å². The summed E-state index contributed by atoms with van der Waals surface area (Å²) >= 11 is 3.27. The molecule has 72 valence electrons. The number of carbonyl (C=O) groups is 1. The van der Waals surface area contributed by atoms with Gasteiger partial charge in [-0.25, -0.2) is 4.79 Å². The van der Waals surface area contributed by atoms with Gasteiger partial charge in [0.2, 0.25) is 0 Å². The highest BCUT2D eigenvalue weighted by atomic mass is 79.9. The molecule has 2 aromatic rings. The Kier molecular flexibility index (Phi) is 2.03. The van der Waals surface area contributed by atoms with Gasteiger partial charge in [0.15, 0.2) is 0 Å². The number of aromatic nitrogens is 2. The standard InChI is InChI=1S/C9H7BrN2O2/c1-12-6-4-11-3-2-5(6)7(10)8(12)9(13)14/h2-4H,1H3,(H,13,14). The smallest absolute Gasteiger partial charge is 0.353 e. The number of carboxylic acid groups (broad SMARTS) is 1. The molecule has 0 saturated heterocycles. The lowest BCUT2D eigenvalue weighted by molar-refractivity contribution is 0.0686. The van der Waals surface area contributed by atoms with Crippen molar-refractivity contribution in [2.45, 2.75) is 0 Å². The highest BCUT2D eigenvalue weighted by Crippen LogP contribution is 2.29. The van der Waals surface area contributed by atoms with Crippen LogP contribution in [0.4, 0.5) is 0 Å². The zero-order valence-electron chi connectivity index (χ0n) is 7.36. The predicted octanol–water partition coefficient (Wildman–Crippen LogP) is 2.03. The molecule has 1 N–H and O–H groups in total. The van der Waals surface area contributed by atoms with Crippen LogP contribution in [0.25, 0.3) is 10.9 Å². The van der Waals surface area contributed by atoms with Gasteiger partial charge in [-0.05, 0) is 22.0 Å². The van der Waals surface area contributed by atoms with Crippen LogP contribution in [0.2, 0.25) is 0 Å². The fourth-order valence-electron chi connectivity index (χ4n) is 1.47. The fraction of sp³-hybridized carbons (Fsp3) is 0.111. The molecule has 0 fully saturated rings. The van der Waals surface area contributed by atoms with Gasteiger partial charge in [-0.15, -0.1) is 0 Å². The number of carboxylic acids is 1. The van der Waals surface area contributed by atoms with Gasteiger partial charge in [0, 0.05) is 18.6 Å². The third kappa shape index (κ3) is 1.13. The first-order chi connectivity index (χ1) is 6.63. The SMILES string of the molecule is Cn1c(C(=O)O)c(Br)c2ccncc21. The first-order valence-corrected chi connectivity index (χ1v) is 4.73. The van der Waals surface area contributed by atoms with E-state index in [1.807, 2.05) is 0 Å². The van der Waals surface area contributed by atoms with Crippen molar-refractivity contribution in [1.29, 1.82) is 0 Å². The first-order valence-electron chi connectivity index (χ1n) is 3.94. The normalized spacial score (nSPS) is 10.7. The topological polar surface area (TPSA) is 55.1 Å². The largest absolute Gasteiger partial charge is 0.477 e. The van der Waals surface area contributed by atoms with Crippen LogP contribution in [-0.4, -0.2) is 20.6 Å². The summed E-state index contributed by atoms with van der Waals surface area (Å²) in [6, 6.07) is 1.78. The summed E-state index contributed by atoms with van der Waals surface area (Å²) in [5, 5.41) is 9.84. The van der Waals surface area contributed by atoms with Crippen molar-refractivity contribution in [2.24, 2.45) is 7.05 Å². The molecule has 4 nitrogen and oxygen atoms in total. The highest BCUT2D eigenvalue weighted by molar-refractivity contribution is 9.10. The van der Waals surface area contributed by atoms with Crippen LogP contribution in [0.3, 0.4) is 0 Å². The Labute approximate surface area is 88.3 Å². The lowest BCUT2D eigenvalue weighted by atomic mass is 10.3. The maximum absolute atomic E-state index is 10.9. The third-order valence-corrected chi connectivity index (χ3v) is 2.95.